The molecular formula is C13H24N6O. The van der Waals surface area contributed by atoms with Crippen LogP contribution in [-0.2, 0) is 6.54 Å². The molecule has 0 atom stereocenters. The molecule has 0 spiro atoms. The lowest BCUT2D eigenvalue weighted by molar-refractivity contribution is 0.160. The van der Waals surface area contributed by atoms with Crippen LogP contribution in [0.3, 0.4) is 0 Å². The maximum Gasteiger partial charge on any atom is 0.205 e. The molecular weight excluding hydrogens is 256 g/mol. The molecule has 1 aromatic heterocycles. The third kappa shape index (κ3) is 2.58. The largest absolute Gasteiger partial charge is 0.409 e. The van der Waals surface area contributed by atoms with Gasteiger partial charge in [-0.1, -0.05) is 5.16 Å². The minimum Gasteiger partial charge on any atom is -0.409 e. The summed E-state index contributed by atoms with van der Waals surface area (Å²) in [6.45, 7) is 10.5. The van der Waals surface area contributed by atoms with Crippen LogP contribution in [0.25, 0.3) is 0 Å². The van der Waals surface area contributed by atoms with Crippen LogP contribution in [0.5, 0.6) is 0 Å². The van der Waals surface area contributed by atoms with Gasteiger partial charge in [0.25, 0.3) is 0 Å². The molecule has 3 N–H and O–H groups in total. The monoisotopic (exact) mass is 280 g/mol. The highest BCUT2D eigenvalue weighted by molar-refractivity contribution is 5.88. The molecule has 0 radical (unpaired) electrons. The highest BCUT2D eigenvalue weighted by Crippen LogP contribution is 2.20. The van der Waals surface area contributed by atoms with Crippen LogP contribution >= 0.6 is 0 Å². The van der Waals surface area contributed by atoms with Gasteiger partial charge in [-0.25, -0.2) is 4.98 Å². The number of piperazine rings is 1. The first kappa shape index (κ1) is 14.6. The molecule has 0 bridgehead atoms. The van der Waals surface area contributed by atoms with Gasteiger partial charge < -0.3 is 20.4 Å². The van der Waals surface area contributed by atoms with E-state index in [1.165, 1.54) is 0 Å². The summed E-state index contributed by atoms with van der Waals surface area (Å²) < 4.78 is 2.14. The third-order valence-electron chi connectivity index (χ3n) is 4.12. The number of oxime groups is 1. The minimum atomic E-state index is -0.430. The lowest BCUT2D eigenvalue weighted by Crippen LogP contribution is -2.60. The number of nitrogens with two attached hydrogens (primary N) is 1. The molecule has 0 saturated carbocycles. The van der Waals surface area contributed by atoms with Crippen molar-refractivity contribution in [3.05, 3.63) is 12.4 Å². The van der Waals surface area contributed by atoms with Crippen LogP contribution in [-0.4, -0.2) is 57.2 Å². The van der Waals surface area contributed by atoms with Crippen molar-refractivity contribution in [1.29, 1.82) is 0 Å². The quantitative estimate of drug-likeness (QED) is 0.364. The lowest BCUT2D eigenvalue weighted by Gasteiger charge is -2.43. The summed E-state index contributed by atoms with van der Waals surface area (Å²) in [5, 5.41) is 12.0. The SMILES string of the molecule is CCn1ccnc1N1CCN(C(C)(C)C(N)=NO)CC1. The second kappa shape index (κ2) is 5.70. The van der Waals surface area contributed by atoms with Gasteiger partial charge >= 0.3 is 0 Å². The maximum atomic E-state index is 8.88. The first-order valence-corrected chi connectivity index (χ1v) is 6.99. The van der Waals surface area contributed by atoms with E-state index >= 15 is 0 Å². The summed E-state index contributed by atoms with van der Waals surface area (Å²) in [6, 6.07) is 0. The van der Waals surface area contributed by atoms with E-state index in [1.807, 2.05) is 26.2 Å². The van der Waals surface area contributed by atoms with Crippen LogP contribution in [0.1, 0.15) is 20.8 Å². The second-order valence-electron chi connectivity index (χ2n) is 5.53. The number of aryl methyl sites for hydroxylation is 1. The van der Waals surface area contributed by atoms with Crippen molar-refractivity contribution in [3.63, 3.8) is 0 Å². The fourth-order valence-corrected chi connectivity index (χ4v) is 2.58. The zero-order valence-electron chi connectivity index (χ0n) is 12.5. The lowest BCUT2D eigenvalue weighted by atomic mass is 10.0. The van der Waals surface area contributed by atoms with E-state index in [0.29, 0.717) is 0 Å². The number of amidine groups is 1. The first-order valence-electron chi connectivity index (χ1n) is 6.99. The van der Waals surface area contributed by atoms with Crippen molar-refractivity contribution in [1.82, 2.24) is 14.5 Å². The van der Waals surface area contributed by atoms with Gasteiger partial charge in [-0.15, -0.1) is 0 Å². The highest BCUT2D eigenvalue weighted by atomic mass is 16.4. The Labute approximate surface area is 119 Å². The van der Waals surface area contributed by atoms with Gasteiger partial charge in [-0.3, -0.25) is 4.90 Å². The fraction of sp³-hybridized carbons (Fsp3) is 0.692. The van der Waals surface area contributed by atoms with Crippen molar-refractivity contribution in [2.45, 2.75) is 32.9 Å². The molecule has 112 valence electrons. The van der Waals surface area contributed by atoms with Crippen LogP contribution in [0, 0.1) is 0 Å². The zero-order chi connectivity index (χ0) is 14.8. The number of imidazole rings is 1. The summed E-state index contributed by atoms with van der Waals surface area (Å²) in [7, 11) is 0. The molecule has 0 amide bonds. The topological polar surface area (TPSA) is 82.9 Å². The molecule has 1 saturated heterocycles. The van der Waals surface area contributed by atoms with Crippen molar-refractivity contribution >= 4 is 11.8 Å². The molecule has 1 aromatic rings. The summed E-state index contributed by atoms with van der Waals surface area (Å²) in [4.78, 5) is 8.95. The zero-order valence-corrected chi connectivity index (χ0v) is 12.5. The molecule has 7 nitrogen and oxygen atoms in total. The van der Waals surface area contributed by atoms with Gasteiger partial charge in [0, 0.05) is 45.1 Å². The number of nitrogens with zero attached hydrogens (tertiary/aromatic N) is 5. The standard InChI is InChI=1S/C13H24N6O/c1-4-17-6-5-15-12(17)18-7-9-19(10-8-18)13(2,3)11(14)16-20/h5-6,20H,4,7-10H2,1-3H3,(H2,14,16). The smallest absolute Gasteiger partial charge is 0.205 e. The van der Waals surface area contributed by atoms with Gasteiger partial charge in [0.1, 0.15) is 0 Å². The Morgan fingerprint density at radius 1 is 1.40 bits per heavy atom. The number of rotatable bonds is 4. The van der Waals surface area contributed by atoms with Gasteiger partial charge in [-0.05, 0) is 20.8 Å². The summed E-state index contributed by atoms with van der Waals surface area (Å²) in [6.07, 6.45) is 3.84. The molecule has 0 aliphatic carbocycles. The number of anilines is 1. The molecule has 1 aliphatic rings. The predicted octanol–water partition coefficient (Wildman–Crippen LogP) is 0.550. The second-order valence-corrected chi connectivity index (χ2v) is 5.53. The van der Waals surface area contributed by atoms with E-state index < -0.39 is 5.54 Å². The van der Waals surface area contributed by atoms with Gasteiger partial charge in [0.2, 0.25) is 5.95 Å². The van der Waals surface area contributed by atoms with Crippen molar-refractivity contribution in [2.24, 2.45) is 10.9 Å². The van der Waals surface area contributed by atoms with E-state index in [9.17, 15) is 0 Å². The molecule has 2 heterocycles. The van der Waals surface area contributed by atoms with Crippen LogP contribution < -0.4 is 10.6 Å². The molecule has 0 aromatic carbocycles. The molecule has 2 rings (SSSR count). The van der Waals surface area contributed by atoms with Crippen LogP contribution in [0.15, 0.2) is 17.5 Å². The summed E-state index contributed by atoms with van der Waals surface area (Å²) in [5.41, 5.74) is 5.36. The molecule has 0 unspecified atom stereocenters. The van der Waals surface area contributed by atoms with Crippen molar-refractivity contribution < 1.29 is 5.21 Å². The fourth-order valence-electron chi connectivity index (χ4n) is 2.58. The third-order valence-corrected chi connectivity index (χ3v) is 4.12. The van der Waals surface area contributed by atoms with E-state index in [-0.39, 0.29) is 5.84 Å². The Bertz CT molecular complexity index is 473. The van der Waals surface area contributed by atoms with Crippen LogP contribution in [0.4, 0.5) is 5.95 Å². The number of hydrogen-bond acceptors (Lipinski definition) is 5. The van der Waals surface area contributed by atoms with E-state index in [1.54, 1.807) is 0 Å². The van der Waals surface area contributed by atoms with Crippen LogP contribution in [0.2, 0.25) is 0 Å². The Morgan fingerprint density at radius 3 is 2.60 bits per heavy atom. The molecule has 7 heteroatoms. The Balaban J connectivity index is 2.03. The Kier molecular flexibility index (Phi) is 4.17. The normalized spacial score (nSPS) is 18.6. The predicted molar refractivity (Wildman–Crippen MR) is 79.2 cm³/mol. The van der Waals surface area contributed by atoms with Gasteiger partial charge in [0.15, 0.2) is 5.84 Å². The van der Waals surface area contributed by atoms with Gasteiger partial charge in [-0.2, -0.15) is 0 Å². The van der Waals surface area contributed by atoms with E-state index in [2.05, 4.69) is 31.4 Å². The maximum absolute atomic E-state index is 8.88. The summed E-state index contributed by atoms with van der Waals surface area (Å²) >= 11 is 0. The van der Waals surface area contributed by atoms with E-state index in [4.69, 9.17) is 10.9 Å². The van der Waals surface area contributed by atoms with Crippen molar-refractivity contribution in [2.75, 3.05) is 31.1 Å². The van der Waals surface area contributed by atoms with E-state index in [0.717, 1.165) is 38.7 Å². The molecule has 1 fully saturated rings. The summed E-state index contributed by atoms with van der Waals surface area (Å²) in [5.74, 6) is 1.27. The molecule has 20 heavy (non-hydrogen) atoms. The Morgan fingerprint density at radius 2 is 2.05 bits per heavy atom. The van der Waals surface area contributed by atoms with Crippen molar-refractivity contribution in [3.8, 4) is 0 Å². The van der Waals surface area contributed by atoms with Gasteiger partial charge in [0.05, 0.1) is 5.54 Å². The highest BCUT2D eigenvalue weighted by Gasteiger charge is 2.34. The Hall–Kier alpha value is -1.76. The number of aromatic nitrogens is 2. The minimum absolute atomic E-state index is 0.251. The molecule has 1 aliphatic heterocycles. The number of hydrogen-bond donors (Lipinski definition) is 2. The average molecular weight is 280 g/mol. The first-order chi connectivity index (χ1) is 9.50. The average Bonchev–Trinajstić information content (AvgIpc) is 2.94.